The van der Waals surface area contributed by atoms with Gasteiger partial charge in [0.15, 0.2) is 5.78 Å². The van der Waals surface area contributed by atoms with Crippen LogP contribution in [0.2, 0.25) is 0 Å². The minimum atomic E-state index is -1.10. The highest BCUT2D eigenvalue weighted by molar-refractivity contribution is 6.05. The van der Waals surface area contributed by atoms with Crippen molar-refractivity contribution in [2.75, 3.05) is 27.3 Å². The van der Waals surface area contributed by atoms with Crippen LogP contribution in [0, 0.1) is 11.8 Å². The third kappa shape index (κ3) is 3.09. The summed E-state index contributed by atoms with van der Waals surface area (Å²) in [6, 6.07) is 5.73. The summed E-state index contributed by atoms with van der Waals surface area (Å²) in [7, 11) is 3.21. The van der Waals surface area contributed by atoms with Gasteiger partial charge in [0, 0.05) is 18.7 Å². The van der Waals surface area contributed by atoms with Crippen molar-refractivity contribution in [3.8, 4) is 5.75 Å². The second-order valence-electron chi connectivity index (χ2n) is 8.35. The fourth-order valence-electron chi connectivity index (χ4n) is 5.48. The first-order valence-corrected chi connectivity index (χ1v) is 10.4. The van der Waals surface area contributed by atoms with E-state index in [-0.39, 0.29) is 17.7 Å². The van der Waals surface area contributed by atoms with Crippen LogP contribution >= 0.6 is 0 Å². The van der Waals surface area contributed by atoms with Crippen molar-refractivity contribution >= 4 is 17.2 Å². The third-order valence-corrected chi connectivity index (χ3v) is 6.91. The summed E-state index contributed by atoms with van der Waals surface area (Å²) < 4.78 is 10.8. The molecule has 2 fully saturated rings. The second-order valence-corrected chi connectivity index (χ2v) is 8.35. The molecule has 0 bridgehead atoms. The van der Waals surface area contributed by atoms with E-state index in [1.54, 1.807) is 27.4 Å². The van der Waals surface area contributed by atoms with Gasteiger partial charge in [-0.3, -0.25) is 14.7 Å². The maximum Gasteiger partial charge on any atom is 0.159 e. The number of Topliss-reactive ketones (excluding diaryl/α,β-unsaturated/α-hetero) is 1. The van der Waals surface area contributed by atoms with Gasteiger partial charge in [-0.1, -0.05) is 19.4 Å². The van der Waals surface area contributed by atoms with E-state index in [1.807, 2.05) is 18.2 Å². The number of carbonyl (C=O) groups excluding carboxylic acids is 1. The van der Waals surface area contributed by atoms with Crippen molar-refractivity contribution in [2.24, 2.45) is 16.8 Å². The van der Waals surface area contributed by atoms with Crippen molar-refractivity contribution in [1.29, 1.82) is 0 Å². The molecule has 156 valence electrons. The number of benzene rings is 1. The number of nitrogens with zero attached hydrogens (tertiary/aromatic N) is 2. The SMILES string of the molecule is CC[C@H]1CN2CC[C@@]3(O)C(=Nc4cccc(OC)c43)[C@@H]2C[C@@H]1/C(=C\OC)C(C)=O. The summed E-state index contributed by atoms with van der Waals surface area (Å²) in [5, 5.41) is 11.7. The predicted molar refractivity (Wildman–Crippen MR) is 112 cm³/mol. The fraction of sp³-hybridized carbons (Fsp3) is 0.565. The minimum absolute atomic E-state index is 0.00161. The van der Waals surface area contributed by atoms with Gasteiger partial charge in [0.25, 0.3) is 0 Å². The highest BCUT2D eigenvalue weighted by Crippen LogP contribution is 2.51. The Balaban J connectivity index is 1.73. The molecule has 6 nitrogen and oxygen atoms in total. The molecule has 0 amide bonds. The second kappa shape index (κ2) is 7.58. The number of aliphatic imine (C=N–C) groups is 1. The van der Waals surface area contributed by atoms with Crippen molar-refractivity contribution < 1.29 is 19.4 Å². The lowest BCUT2D eigenvalue weighted by Crippen LogP contribution is -2.60. The summed E-state index contributed by atoms with van der Waals surface area (Å²) in [6.07, 6.45) is 3.95. The first kappa shape index (κ1) is 20.1. The Morgan fingerprint density at radius 3 is 2.86 bits per heavy atom. The molecule has 1 aromatic rings. The lowest BCUT2D eigenvalue weighted by atomic mass is 9.69. The number of rotatable bonds is 5. The zero-order chi connectivity index (χ0) is 20.8. The Labute approximate surface area is 172 Å². The average Bonchev–Trinajstić information content (AvgIpc) is 3.04. The Kier molecular flexibility index (Phi) is 5.25. The summed E-state index contributed by atoms with van der Waals surface area (Å²) in [4.78, 5) is 19.7. The van der Waals surface area contributed by atoms with Gasteiger partial charge in [-0.2, -0.15) is 0 Å². The van der Waals surface area contributed by atoms with E-state index in [2.05, 4.69) is 11.8 Å². The molecule has 0 saturated carbocycles. The van der Waals surface area contributed by atoms with Gasteiger partial charge >= 0.3 is 0 Å². The molecule has 0 unspecified atom stereocenters. The van der Waals surface area contributed by atoms with Gasteiger partial charge in [-0.05, 0) is 43.7 Å². The number of ketones is 1. The van der Waals surface area contributed by atoms with Crippen molar-refractivity contribution in [3.05, 3.63) is 35.6 Å². The fourth-order valence-corrected chi connectivity index (χ4v) is 5.48. The highest BCUT2D eigenvalue weighted by atomic mass is 16.5. The topological polar surface area (TPSA) is 71.4 Å². The van der Waals surface area contributed by atoms with Crippen molar-refractivity contribution in [1.82, 2.24) is 4.90 Å². The molecule has 0 radical (unpaired) electrons. The molecule has 4 atom stereocenters. The van der Waals surface area contributed by atoms with Crippen LogP contribution in [-0.2, 0) is 15.1 Å². The summed E-state index contributed by atoms with van der Waals surface area (Å²) >= 11 is 0. The van der Waals surface area contributed by atoms with Crippen LogP contribution in [0.3, 0.4) is 0 Å². The van der Waals surface area contributed by atoms with E-state index in [9.17, 15) is 9.90 Å². The molecule has 3 aliphatic heterocycles. The largest absolute Gasteiger partial charge is 0.504 e. The molecule has 6 heteroatoms. The first-order valence-electron chi connectivity index (χ1n) is 10.4. The van der Waals surface area contributed by atoms with E-state index >= 15 is 0 Å². The van der Waals surface area contributed by atoms with Crippen molar-refractivity contribution in [3.63, 3.8) is 0 Å². The van der Waals surface area contributed by atoms with E-state index in [4.69, 9.17) is 14.5 Å². The van der Waals surface area contributed by atoms with Gasteiger partial charge in [-0.25, -0.2) is 0 Å². The maximum absolute atomic E-state index is 12.3. The number of aliphatic hydroxyl groups is 1. The van der Waals surface area contributed by atoms with Gasteiger partial charge in [-0.15, -0.1) is 0 Å². The Morgan fingerprint density at radius 1 is 1.41 bits per heavy atom. The molecule has 0 spiro atoms. The zero-order valence-corrected chi connectivity index (χ0v) is 17.6. The summed E-state index contributed by atoms with van der Waals surface area (Å²) in [5.74, 6) is 1.20. The lowest BCUT2D eigenvalue weighted by Gasteiger charge is -2.50. The van der Waals surface area contributed by atoms with Gasteiger partial charge in [0.05, 0.1) is 43.5 Å². The third-order valence-electron chi connectivity index (χ3n) is 6.91. The van der Waals surface area contributed by atoms with Crippen LogP contribution < -0.4 is 4.74 Å². The predicted octanol–water partition coefficient (Wildman–Crippen LogP) is 3.21. The monoisotopic (exact) mass is 398 g/mol. The minimum Gasteiger partial charge on any atom is -0.504 e. The number of hydrogen-bond donors (Lipinski definition) is 1. The molecule has 29 heavy (non-hydrogen) atoms. The Morgan fingerprint density at radius 2 is 2.21 bits per heavy atom. The molecule has 4 rings (SSSR count). The molecule has 3 aliphatic rings. The van der Waals surface area contributed by atoms with Crippen molar-refractivity contribution in [2.45, 2.75) is 44.8 Å². The van der Waals surface area contributed by atoms with Crippen LogP contribution in [0.4, 0.5) is 5.69 Å². The van der Waals surface area contributed by atoms with Crippen LogP contribution in [0.15, 0.2) is 35.0 Å². The summed E-state index contributed by atoms with van der Waals surface area (Å²) in [5.41, 5.74) is 2.00. The van der Waals surface area contributed by atoms with Crippen LogP contribution in [0.25, 0.3) is 0 Å². The van der Waals surface area contributed by atoms with Crippen LogP contribution in [0.1, 0.15) is 38.7 Å². The smallest absolute Gasteiger partial charge is 0.159 e. The number of ether oxygens (including phenoxy) is 2. The van der Waals surface area contributed by atoms with Gasteiger partial charge < -0.3 is 14.6 Å². The van der Waals surface area contributed by atoms with E-state index in [0.717, 1.165) is 48.5 Å². The number of allylic oxidation sites excluding steroid dienone is 1. The van der Waals surface area contributed by atoms with Crippen LogP contribution in [-0.4, -0.2) is 54.9 Å². The van der Waals surface area contributed by atoms with Gasteiger partial charge in [0.1, 0.15) is 11.4 Å². The average molecular weight is 399 g/mol. The normalized spacial score (nSPS) is 31.4. The summed E-state index contributed by atoms with van der Waals surface area (Å²) in [6.45, 7) is 5.47. The number of carbonyl (C=O) groups is 1. The molecule has 0 aromatic heterocycles. The number of hydrogen-bond acceptors (Lipinski definition) is 6. The molecule has 3 heterocycles. The Bertz CT molecular complexity index is 878. The molecule has 0 aliphatic carbocycles. The number of fused-ring (bicyclic) bond motifs is 5. The van der Waals surface area contributed by atoms with Gasteiger partial charge in [0.2, 0.25) is 0 Å². The number of piperidine rings is 2. The highest BCUT2D eigenvalue weighted by Gasteiger charge is 2.54. The molecule has 2 saturated heterocycles. The number of methoxy groups -OCH3 is 2. The molecule has 1 aromatic carbocycles. The van der Waals surface area contributed by atoms with Crippen LogP contribution in [0.5, 0.6) is 5.75 Å². The zero-order valence-electron chi connectivity index (χ0n) is 17.6. The molecule has 1 N–H and O–H groups in total. The first-order chi connectivity index (χ1) is 13.9. The molecular formula is C23H30N2O4. The quantitative estimate of drug-likeness (QED) is 0.609. The lowest BCUT2D eigenvalue weighted by molar-refractivity contribution is -0.114. The Hall–Kier alpha value is -2.18. The van der Waals surface area contributed by atoms with E-state index in [0.29, 0.717) is 18.1 Å². The van der Waals surface area contributed by atoms with E-state index < -0.39 is 5.60 Å². The van der Waals surface area contributed by atoms with E-state index in [1.165, 1.54) is 0 Å². The standard InChI is InChI=1S/C23H30N2O4/c1-5-15-12-25-10-9-23(27)21-18(7-6-8-20(21)29-4)24-22(23)19(25)11-16(15)17(13-28-3)14(2)26/h6-8,13,15-16,19,27H,5,9-12H2,1-4H3/b17-13-/t15-,16-,19-,23-/m0/s1. The maximum atomic E-state index is 12.3. The molecular weight excluding hydrogens is 368 g/mol.